The molecule has 0 bridgehead atoms. The van der Waals surface area contributed by atoms with Gasteiger partial charge in [0.05, 0.1) is 0 Å². The molecule has 2 rings (SSSR count). The van der Waals surface area contributed by atoms with Crippen molar-refractivity contribution in [2.45, 2.75) is 18.9 Å². The number of nitrogens with two attached hydrogens (primary N) is 1. The molecule has 3 atom stereocenters. The Morgan fingerprint density at radius 3 is 2.80 bits per heavy atom. The average molecular weight is 140 g/mol. The molecule has 1 aliphatic carbocycles. The second-order valence-corrected chi connectivity index (χ2v) is 3.89. The van der Waals surface area contributed by atoms with E-state index in [1.54, 1.807) is 0 Å². The van der Waals surface area contributed by atoms with Gasteiger partial charge in [-0.3, -0.25) is 0 Å². The van der Waals surface area contributed by atoms with Gasteiger partial charge in [-0.1, -0.05) is 0 Å². The third kappa shape index (κ3) is 0.867. The van der Waals surface area contributed by atoms with Crippen molar-refractivity contribution in [2.75, 3.05) is 20.1 Å². The minimum Gasteiger partial charge on any atom is -0.327 e. The Kier molecular flexibility index (Phi) is 1.46. The van der Waals surface area contributed by atoms with Crippen LogP contribution in [0.3, 0.4) is 0 Å². The van der Waals surface area contributed by atoms with Crippen LogP contribution in [0, 0.1) is 11.8 Å². The van der Waals surface area contributed by atoms with Crippen LogP contribution in [-0.2, 0) is 0 Å². The summed E-state index contributed by atoms with van der Waals surface area (Å²) >= 11 is 0. The standard InChI is InChI=1S/C8H16N2/c1-10-4-6-2-3-8(9)7(6)5-10/h6-8H,2-5,9H2,1H3/t6-,7+,8-/m1/s1. The largest absolute Gasteiger partial charge is 0.327 e. The van der Waals surface area contributed by atoms with E-state index in [-0.39, 0.29) is 0 Å². The van der Waals surface area contributed by atoms with E-state index in [0.717, 1.165) is 11.8 Å². The van der Waals surface area contributed by atoms with Crippen LogP contribution in [-0.4, -0.2) is 31.1 Å². The number of likely N-dealkylation sites (tertiary alicyclic amines) is 1. The van der Waals surface area contributed by atoms with Gasteiger partial charge < -0.3 is 10.6 Å². The molecule has 1 saturated heterocycles. The average Bonchev–Trinajstić information content (AvgIpc) is 2.35. The van der Waals surface area contributed by atoms with Crippen molar-refractivity contribution in [1.29, 1.82) is 0 Å². The van der Waals surface area contributed by atoms with Gasteiger partial charge in [-0.2, -0.15) is 0 Å². The van der Waals surface area contributed by atoms with E-state index in [4.69, 9.17) is 5.73 Å². The summed E-state index contributed by atoms with van der Waals surface area (Å²) in [6.45, 7) is 2.53. The molecule has 0 radical (unpaired) electrons. The zero-order valence-corrected chi connectivity index (χ0v) is 6.59. The summed E-state index contributed by atoms with van der Waals surface area (Å²) in [4.78, 5) is 2.41. The van der Waals surface area contributed by atoms with E-state index < -0.39 is 0 Å². The maximum absolute atomic E-state index is 5.96. The first kappa shape index (κ1) is 6.62. The first-order valence-electron chi connectivity index (χ1n) is 4.21. The molecule has 58 valence electrons. The van der Waals surface area contributed by atoms with Gasteiger partial charge in [0.15, 0.2) is 0 Å². The van der Waals surface area contributed by atoms with E-state index in [1.165, 1.54) is 25.9 Å². The summed E-state index contributed by atoms with van der Waals surface area (Å²) in [5, 5.41) is 0. The molecule has 2 nitrogen and oxygen atoms in total. The lowest BCUT2D eigenvalue weighted by Gasteiger charge is -2.12. The maximum Gasteiger partial charge on any atom is 0.00826 e. The highest BCUT2D eigenvalue weighted by molar-refractivity contribution is 4.94. The van der Waals surface area contributed by atoms with E-state index in [9.17, 15) is 0 Å². The molecular weight excluding hydrogens is 124 g/mol. The van der Waals surface area contributed by atoms with Crippen molar-refractivity contribution in [3.8, 4) is 0 Å². The van der Waals surface area contributed by atoms with Crippen molar-refractivity contribution >= 4 is 0 Å². The molecule has 0 aromatic carbocycles. The van der Waals surface area contributed by atoms with Crippen LogP contribution >= 0.6 is 0 Å². The van der Waals surface area contributed by atoms with Crippen LogP contribution in [0.2, 0.25) is 0 Å². The van der Waals surface area contributed by atoms with E-state index >= 15 is 0 Å². The highest BCUT2D eigenvalue weighted by Crippen LogP contribution is 2.36. The van der Waals surface area contributed by atoms with Gasteiger partial charge >= 0.3 is 0 Å². The first-order chi connectivity index (χ1) is 4.77. The van der Waals surface area contributed by atoms with Crippen LogP contribution in [0.5, 0.6) is 0 Å². The number of nitrogens with zero attached hydrogens (tertiary/aromatic N) is 1. The Labute approximate surface area is 62.4 Å². The summed E-state index contributed by atoms with van der Waals surface area (Å²) < 4.78 is 0. The lowest BCUT2D eigenvalue weighted by Crippen LogP contribution is -2.29. The predicted molar refractivity (Wildman–Crippen MR) is 41.7 cm³/mol. The highest BCUT2D eigenvalue weighted by Gasteiger charge is 2.39. The molecule has 0 unspecified atom stereocenters. The van der Waals surface area contributed by atoms with E-state index in [1.807, 2.05) is 0 Å². The summed E-state index contributed by atoms with van der Waals surface area (Å²) in [5.41, 5.74) is 5.96. The van der Waals surface area contributed by atoms with Gasteiger partial charge in [-0.15, -0.1) is 0 Å². The fraction of sp³-hybridized carbons (Fsp3) is 1.00. The SMILES string of the molecule is CN1C[C@H]2CC[C@@H](N)[C@H]2C1. The van der Waals surface area contributed by atoms with Gasteiger partial charge in [0.25, 0.3) is 0 Å². The lowest BCUT2D eigenvalue weighted by atomic mass is 9.98. The molecule has 0 aromatic heterocycles. The van der Waals surface area contributed by atoms with Crippen LogP contribution in [0.25, 0.3) is 0 Å². The summed E-state index contributed by atoms with van der Waals surface area (Å²) in [5.74, 6) is 1.75. The fourth-order valence-corrected chi connectivity index (χ4v) is 2.53. The Morgan fingerprint density at radius 2 is 2.10 bits per heavy atom. The Hall–Kier alpha value is -0.0800. The Bertz CT molecular complexity index is 135. The van der Waals surface area contributed by atoms with Crippen molar-refractivity contribution in [3.63, 3.8) is 0 Å². The van der Waals surface area contributed by atoms with Gasteiger partial charge in [0, 0.05) is 19.1 Å². The molecule has 0 aromatic rings. The molecule has 2 heteroatoms. The number of hydrogen-bond acceptors (Lipinski definition) is 2. The molecule has 1 heterocycles. The monoisotopic (exact) mass is 140 g/mol. The predicted octanol–water partition coefficient (Wildman–Crippen LogP) is 0.285. The van der Waals surface area contributed by atoms with Crippen LogP contribution < -0.4 is 5.73 Å². The number of rotatable bonds is 0. The molecule has 1 saturated carbocycles. The van der Waals surface area contributed by atoms with Crippen molar-refractivity contribution in [1.82, 2.24) is 4.90 Å². The fourth-order valence-electron chi connectivity index (χ4n) is 2.53. The Morgan fingerprint density at radius 1 is 1.30 bits per heavy atom. The van der Waals surface area contributed by atoms with Gasteiger partial charge in [-0.25, -0.2) is 0 Å². The zero-order valence-electron chi connectivity index (χ0n) is 6.59. The van der Waals surface area contributed by atoms with Crippen LogP contribution in [0.1, 0.15) is 12.8 Å². The molecule has 1 aliphatic heterocycles. The highest BCUT2D eigenvalue weighted by atomic mass is 15.1. The first-order valence-corrected chi connectivity index (χ1v) is 4.21. The molecule has 2 N–H and O–H groups in total. The second kappa shape index (κ2) is 2.21. The minimum absolute atomic E-state index is 0.509. The maximum atomic E-state index is 5.96. The molecule has 2 aliphatic rings. The van der Waals surface area contributed by atoms with E-state index in [0.29, 0.717) is 6.04 Å². The van der Waals surface area contributed by atoms with Gasteiger partial charge in [0.2, 0.25) is 0 Å². The second-order valence-electron chi connectivity index (χ2n) is 3.89. The normalized spacial score (nSPS) is 48.0. The quantitative estimate of drug-likeness (QED) is 0.524. The number of fused-ring (bicyclic) bond motifs is 1. The molecule has 0 amide bonds. The van der Waals surface area contributed by atoms with Crippen molar-refractivity contribution < 1.29 is 0 Å². The molecular formula is C8H16N2. The summed E-state index contributed by atoms with van der Waals surface area (Å²) in [6.07, 6.45) is 2.64. The minimum atomic E-state index is 0.509. The molecule has 0 spiro atoms. The Balaban J connectivity index is 2.05. The third-order valence-electron chi connectivity index (χ3n) is 3.09. The van der Waals surface area contributed by atoms with Crippen molar-refractivity contribution in [2.24, 2.45) is 17.6 Å². The molecule has 2 fully saturated rings. The smallest absolute Gasteiger partial charge is 0.00826 e. The number of hydrogen-bond donors (Lipinski definition) is 1. The lowest BCUT2D eigenvalue weighted by molar-refractivity contribution is 0.368. The summed E-state index contributed by atoms with van der Waals surface area (Å²) in [6, 6.07) is 0.509. The van der Waals surface area contributed by atoms with Crippen LogP contribution in [0.15, 0.2) is 0 Å². The van der Waals surface area contributed by atoms with Gasteiger partial charge in [0.1, 0.15) is 0 Å². The third-order valence-corrected chi connectivity index (χ3v) is 3.09. The molecule has 10 heavy (non-hydrogen) atoms. The van der Waals surface area contributed by atoms with Crippen LogP contribution in [0.4, 0.5) is 0 Å². The van der Waals surface area contributed by atoms with Gasteiger partial charge in [-0.05, 0) is 31.7 Å². The topological polar surface area (TPSA) is 29.3 Å². The summed E-state index contributed by atoms with van der Waals surface area (Å²) in [7, 11) is 2.20. The van der Waals surface area contributed by atoms with Crippen molar-refractivity contribution in [3.05, 3.63) is 0 Å². The van der Waals surface area contributed by atoms with E-state index in [2.05, 4.69) is 11.9 Å². The zero-order chi connectivity index (χ0) is 7.14.